The number of aromatic carboxylic acids is 1. The van der Waals surface area contributed by atoms with Crippen molar-refractivity contribution in [3.63, 3.8) is 0 Å². The molecule has 0 atom stereocenters. The van der Waals surface area contributed by atoms with Crippen LogP contribution in [0.5, 0.6) is 0 Å². The second-order valence-corrected chi connectivity index (χ2v) is 3.85. The second kappa shape index (κ2) is 4.40. The van der Waals surface area contributed by atoms with Crippen LogP contribution in [-0.4, -0.2) is 31.9 Å². The lowest BCUT2D eigenvalue weighted by molar-refractivity contribution is 0.0696. The SMILES string of the molecule is CC(=O)c1nnn(-c2cccc(C(=O)O)c2)c1C. The number of hydrogen-bond donors (Lipinski definition) is 1. The Bertz CT molecular complexity index is 631. The Labute approximate surface area is 103 Å². The fourth-order valence-electron chi connectivity index (χ4n) is 1.67. The predicted octanol–water partition coefficient (Wildman–Crippen LogP) is 1.48. The van der Waals surface area contributed by atoms with Crippen LogP contribution in [0.2, 0.25) is 0 Å². The van der Waals surface area contributed by atoms with E-state index in [1.54, 1.807) is 19.1 Å². The molecule has 0 unspecified atom stereocenters. The average molecular weight is 245 g/mol. The minimum absolute atomic E-state index is 0.159. The highest BCUT2D eigenvalue weighted by Crippen LogP contribution is 2.14. The second-order valence-electron chi connectivity index (χ2n) is 3.85. The molecule has 1 heterocycles. The van der Waals surface area contributed by atoms with Crippen LogP contribution in [0.15, 0.2) is 24.3 Å². The quantitative estimate of drug-likeness (QED) is 0.828. The zero-order valence-electron chi connectivity index (χ0n) is 9.91. The molecular weight excluding hydrogens is 234 g/mol. The number of nitrogens with zero attached hydrogens (tertiary/aromatic N) is 3. The monoisotopic (exact) mass is 245 g/mol. The lowest BCUT2D eigenvalue weighted by Crippen LogP contribution is -2.03. The molecule has 92 valence electrons. The summed E-state index contributed by atoms with van der Waals surface area (Å²) in [7, 11) is 0. The lowest BCUT2D eigenvalue weighted by atomic mass is 10.2. The minimum Gasteiger partial charge on any atom is -0.478 e. The first-order valence-corrected chi connectivity index (χ1v) is 5.27. The van der Waals surface area contributed by atoms with Gasteiger partial charge in [-0.3, -0.25) is 4.79 Å². The summed E-state index contributed by atoms with van der Waals surface area (Å²) in [6.45, 7) is 3.12. The molecular formula is C12H11N3O3. The summed E-state index contributed by atoms with van der Waals surface area (Å²) in [6, 6.07) is 6.29. The fourth-order valence-corrected chi connectivity index (χ4v) is 1.67. The summed E-state index contributed by atoms with van der Waals surface area (Å²) in [5.41, 5.74) is 1.60. The molecule has 0 aliphatic carbocycles. The van der Waals surface area contributed by atoms with Gasteiger partial charge in [0.05, 0.1) is 16.9 Å². The molecule has 6 heteroatoms. The maximum atomic E-state index is 11.3. The molecule has 0 saturated heterocycles. The molecule has 18 heavy (non-hydrogen) atoms. The maximum Gasteiger partial charge on any atom is 0.335 e. The van der Waals surface area contributed by atoms with Gasteiger partial charge in [0.15, 0.2) is 11.5 Å². The van der Waals surface area contributed by atoms with E-state index < -0.39 is 5.97 Å². The minimum atomic E-state index is -1.01. The number of ketones is 1. The van der Waals surface area contributed by atoms with Gasteiger partial charge in [0.25, 0.3) is 0 Å². The van der Waals surface area contributed by atoms with E-state index in [1.807, 2.05) is 0 Å². The molecule has 1 N–H and O–H groups in total. The molecule has 0 amide bonds. The van der Waals surface area contributed by atoms with Crippen LogP contribution in [0.3, 0.4) is 0 Å². The van der Waals surface area contributed by atoms with Crippen LogP contribution in [0.4, 0.5) is 0 Å². The molecule has 0 aliphatic rings. The van der Waals surface area contributed by atoms with Gasteiger partial charge < -0.3 is 5.11 Å². The summed E-state index contributed by atoms with van der Waals surface area (Å²) in [5, 5.41) is 16.6. The third kappa shape index (κ3) is 2.00. The summed E-state index contributed by atoms with van der Waals surface area (Å²) >= 11 is 0. The van der Waals surface area contributed by atoms with Gasteiger partial charge in [0, 0.05) is 6.92 Å². The van der Waals surface area contributed by atoms with Gasteiger partial charge in [-0.05, 0) is 25.1 Å². The summed E-state index contributed by atoms with van der Waals surface area (Å²) < 4.78 is 1.45. The number of carboxylic acid groups (broad SMARTS) is 1. The van der Waals surface area contributed by atoms with Crippen molar-refractivity contribution in [3.05, 3.63) is 41.2 Å². The largest absolute Gasteiger partial charge is 0.478 e. The standard InChI is InChI=1S/C12H11N3O3/c1-7-11(8(2)16)13-14-15(7)10-5-3-4-9(6-10)12(17)18/h3-6H,1-2H3,(H,17,18). The Balaban J connectivity index is 2.52. The van der Waals surface area contributed by atoms with E-state index in [2.05, 4.69) is 10.3 Å². The molecule has 0 saturated carbocycles. The molecule has 2 aromatic rings. The van der Waals surface area contributed by atoms with E-state index in [1.165, 1.54) is 23.7 Å². The number of Topliss-reactive ketones (excluding diaryl/α,β-unsaturated/α-hetero) is 1. The predicted molar refractivity (Wildman–Crippen MR) is 63.1 cm³/mol. The molecule has 0 fully saturated rings. The van der Waals surface area contributed by atoms with Crippen LogP contribution in [0, 0.1) is 6.92 Å². The topological polar surface area (TPSA) is 85.1 Å². The highest BCUT2D eigenvalue weighted by atomic mass is 16.4. The van der Waals surface area contributed by atoms with Gasteiger partial charge >= 0.3 is 5.97 Å². The van der Waals surface area contributed by atoms with Gasteiger partial charge in [0.1, 0.15) is 0 Å². The first-order chi connectivity index (χ1) is 8.50. The first kappa shape index (κ1) is 12.0. The molecule has 0 spiro atoms. The van der Waals surface area contributed by atoms with Gasteiger partial charge in [0.2, 0.25) is 0 Å². The Hall–Kier alpha value is -2.50. The fraction of sp³-hybridized carbons (Fsp3) is 0.167. The Kier molecular flexibility index (Phi) is 2.93. The van der Waals surface area contributed by atoms with E-state index in [0.29, 0.717) is 11.4 Å². The highest BCUT2D eigenvalue weighted by Gasteiger charge is 2.14. The molecule has 2 rings (SSSR count). The van der Waals surface area contributed by atoms with E-state index in [9.17, 15) is 9.59 Å². The Morgan fingerprint density at radius 1 is 1.33 bits per heavy atom. The number of carbonyl (C=O) groups excluding carboxylic acids is 1. The number of hydrogen-bond acceptors (Lipinski definition) is 4. The van der Waals surface area contributed by atoms with E-state index >= 15 is 0 Å². The lowest BCUT2D eigenvalue weighted by Gasteiger charge is -2.04. The van der Waals surface area contributed by atoms with E-state index in [0.717, 1.165) is 0 Å². The van der Waals surface area contributed by atoms with Crippen molar-refractivity contribution in [1.82, 2.24) is 15.0 Å². The summed E-state index contributed by atoms with van der Waals surface area (Å²) in [6.07, 6.45) is 0. The van der Waals surface area contributed by atoms with Crippen molar-refractivity contribution >= 4 is 11.8 Å². The number of carboxylic acids is 1. The number of carbonyl (C=O) groups is 2. The van der Waals surface area contributed by atoms with Gasteiger partial charge in [-0.25, -0.2) is 9.48 Å². The zero-order valence-corrected chi connectivity index (χ0v) is 9.91. The molecule has 0 bridgehead atoms. The number of aromatic nitrogens is 3. The molecule has 1 aromatic heterocycles. The number of rotatable bonds is 3. The summed E-state index contributed by atoms with van der Waals surface area (Å²) in [5.74, 6) is -1.19. The van der Waals surface area contributed by atoms with Gasteiger partial charge in [-0.15, -0.1) is 5.10 Å². The summed E-state index contributed by atoms with van der Waals surface area (Å²) in [4.78, 5) is 22.2. The van der Waals surface area contributed by atoms with Crippen molar-refractivity contribution in [3.8, 4) is 5.69 Å². The van der Waals surface area contributed by atoms with Crippen molar-refractivity contribution in [2.75, 3.05) is 0 Å². The zero-order chi connectivity index (χ0) is 13.3. The van der Waals surface area contributed by atoms with Crippen molar-refractivity contribution in [2.45, 2.75) is 13.8 Å². The molecule has 0 aliphatic heterocycles. The maximum absolute atomic E-state index is 11.3. The van der Waals surface area contributed by atoms with Gasteiger partial charge in [-0.2, -0.15) is 0 Å². The van der Waals surface area contributed by atoms with Gasteiger partial charge in [-0.1, -0.05) is 11.3 Å². The van der Waals surface area contributed by atoms with Crippen molar-refractivity contribution in [2.24, 2.45) is 0 Å². The molecule has 0 radical (unpaired) electrons. The van der Waals surface area contributed by atoms with Crippen LogP contribution < -0.4 is 0 Å². The van der Waals surface area contributed by atoms with Crippen LogP contribution in [0.1, 0.15) is 33.5 Å². The first-order valence-electron chi connectivity index (χ1n) is 5.27. The normalized spacial score (nSPS) is 10.3. The Morgan fingerprint density at radius 3 is 2.61 bits per heavy atom. The third-order valence-corrected chi connectivity index (χ3v) is 2.57. The van der Waals surface area contributed by atoms with Crippen LogP contribution >= 0.6 is 0 Å². The van der Waals surface area contributed by atoms with Crippen LogP contribution in [-0.2, 0) is 0 Å². The average Bonchev–Trinajstić information content (AvgIpc) is 2.71. The van der Waals surface area contributed by atoms with E-state index in [-0.39, 0.29) is 17.0 Å². The van der Waals surface area contributed by atoms with Crippen LogP contribution in [0.25, 0.3) is 5.69 Å². The van der Waals surface area contributed by atoms with Crippen molar-refractivity contribution < 1.29 is 14.7 Å². The van der Waals surface area contributed by atoms with Crippen molar-refractivity contribution in [1.29, 1.82) is 0 Å². The highest BCUT2D eigenvalue weighted by molar-refractivity contribution is 5.93. The third-order valence-electron chi connectivity index (χ3n) is 2.57. The molecule has 1 aromatic carbocycles. The van der Waals surface area contributed by atoms with E-state index in [4.69, 9.17) is 5.11 Å². The Morgan fingerprint density at radius 2 is 2.06 bits per heavy atom. The number of benzene rings is 1. The molecule has 6 nitrogen and oxygen atoms in total. The smallest absolute Gasteiger partial charge is 0.335 e.